The topological polar surface area (TPSA) is 585 Å². The molecule has 0 saturated heterocycles. The van der Waals surface area contributed by atoms with Crippen LogP contribution >= 0.6 is 0 Å². The fraction of sp³-hybridized carbons (Fsp3) is 0.936. The Balaban J connectivity index is 4.25. The van der Waals surface area contributed by atoms with E-state index in [2.05, 4.69) is 16.0 Å². The first kappa shape index (κ1) is 141. The molecular weight excluding hydrogens is 1950 g/mol. The lowest BCUT2D eigenvalue weighted by Gasteiger charge is -2.29. The molecule has 0 spiro atoms. The largest absolute Gasteiger partial charge is 0.481 e. The molecule has 0 radical (unpaired) electrons. The molecule has 0 fully saturated rings. The molecule has 0 atom stereocenters. The SMILES string of the molecule is NC(COCCC(=O)NCCOCCOCCOCCOCCOCCOCCOCCOCCOCCOCCOCCOCCC(=O)O)(COCCC(=O)NCCOCCOCCOCCOCCOCCOCCOCCOCCOCCOCCOCCOCCC(=O)O)COCCC(=O)NCCOCCOCCOCCOCCOCCOCCOCCOCCOCCOCCOCCOCCC(=O)O. The minimum atomic E-state index is -1.20. The van der Waals surface area contributed by atoms with E-state index in [0.717, 1.165) is 0 Å². The van der Waals surface area contributed by atoms with Crippen molar-refractivity contribution in [1.29, 1.82) is 0 Å². The first-order valence-corrected chi connectivity index (χ1v) is 50.7. The predicted molar refractivity (Wildman–Crippen MR) is 518 cm³/mol. The number of carbonyl (C=O) groups is 6. The first-order chi connectivity index (χ1) is 71.9. The summed E-state index contributed by atoms with van der Waals surface area (Å²) in [7, 11) is 0. The third-order valence-electron chi connectivity index (χ3n) is 18.0. The predicted octanol–water partition coefficient (Wildman–Crippen LogP) is -1.73. The maximum Gasteiger partial charge on any atom is 0.305 e. The number of carboxylic acid groups (broad SMARTS) is 3. The Bertz CT molecular complexity index is 2400. The van der Waals surface area contributed by atoms with Crippen molar-refractivity contribution in [2.75, 3.05) is 535 Å². The highest BCUT2D eigenvalue weighted by Crippen LogP contribution is 2.08. The highest BCUT2D eigenvalue weighted by atomic mass is 16.6. The maximum absolute atomic E-state index is 12.7. The van der Waals surface area contributed by atoms with Crippen LogP contribution in [0, 0.1) is 0 Å². The van der Waals surface area contributed by atoms with Crippen molar-refractivity contribution in [1.82, 2.24) is 16.0 Å². The quantitative estimate of drug-likeness (QED) is 0.0333. The second-order valence-corrected chi connectivity index (χ2v) is 30.3. The Labute approximate surface area is 861 Å². The molecule has 52 heteroatoms. The Morgan fingerprint density at radius 2 is 0.226 bits per heavy atom. The van der Waals surface area contributed by atoms with Crippen molar-refractivity contribution in [3.8, 4) is 0 Å². The summed E-state index contributed by atoms with van der Waals surface area (Å²) in [6.07, 6.45) is 0.0502. The highest BCUT2D eigenvalue weighted by molar-refractivity contribution is 5.76. The van der Waals surface area contributed by atoms with Crippen LogP contribution < -0.4 is 21.7 Å². The van der Waals surface area contributed by atoms with E-state index in [1.807, 2.05) is 0 Å². The van der Waals surface area contributed by atoms with Crippen LogP contribution in [0.2, 0.25) is 0 Å². The van der Waals surface area contributed by atoms with Crippen molar-refractivity contribution in [3.63, 3.8) is 0 Å². The molecular formula is C94H182N4O48. The van der Waals surface area contributed by atoms with Gasteiger partial charge in [-0.15, -0.1) is 0 Å². The van der Waals surface area contributed by atoms with E-state index in [1.54, 1.807) is 0 Å². The van der Waals surface area contributed by atoms with E-state index in [9.17, 15) is 28.8 Å². The molecule has 0 aliphatic carbocycles. The summed E-state index contributed by atoms with van der Waals surface area (Å²) in [5, 5.41) is 34.1. The highest BCUT2D eigenvalue weighted by Gasteiger charge is 2.27. The van der Waals surface area contributed by atoms with E-state index in [0.29, 0.717) is 436 Å². The summed E-state index contributed by atoms with van der Waals surface area (Å²) in [6.45, 7) is 29.3. The molecule has 0 aromatic heterocycles. The van der Waals surface area contributed by atoms with E-state index >= 15 is 0 Å². The zero-order valence-electron chi connectivity index (χ0n) is 86.8. The number of nitrogens with two attached hydrogens (primary N) is 1. The van der Waals surface area contributed by atoms with Crippen LogP contribution in [0.3, 0.4) is 0 Å². The molecule has 146 heavy (non-hydrogen) atoms. The Hall–Kier alpha value is -4.78. The molecule has 0 aromatic rings. The lowest BCUT2D eigenvalue weighted by Crippen LogP contribution is -2.53. The number of carbonyl (C=O) groups excluding carboxylic acids is 3. The van der Waals surface area contributed by atoms with Crippen LogP contribution in [0.25, 0.3) is 0 Å². The minimum Gasteiger partial charge on any atom is -0.481 e. The van der Waals surface area contributed by atoms with Gasteiger partial charge in [-0.05, 0) is 0 Å². The third kappa shape index (κ3) is 126. The van der Waals surface area contributed by atoms with E-state index < -0.39 is 23.4 Å². The summed E-state index contributed by atoms with van der Waals surface area (Å²) >= 11 is 0. The van der Waals surface area contributed by atoms with Gasteiger partial charge in [-0.1, -0.05) is 0 Å². The van der Waals surface area contributed by atoms with Crippen LogP contribution in [0.15, 0.2) is 0 Å². The van der Waals surface area contributed by atoms with E-state index in [4.69, 9.17) is 206 Å². The number of nitrogens with one attached hydrogen (secondary N) is 3. The van der Waals surface area contributed by atoms with Crippen molar-refractivity contribution in [3.05, 3.63) is 0 Å². The van der Waals surface area contributed by atoms with Gasteiger partial charge < -0.3 is 222 Å². The number of amides is 3. The van der Waals surface area contributed by atoms with Crippen LogP contribution in [0.5, 0.6) is 0 Å². The molecule has 8 N–H and O–H groups in total. The van der Waals surface area contributed by atoms with Gasteiger partial charge in [0.2, 0.25) is 17.7 Å². The maximum atomic E-state index is 12.7. The summed E-state index contributed by atoms with van der Waals surface area (Å²) in [5.74, 6) is -3.44. The summed E-state index contributed by atoms with van der Waals surface area (Å²) in [5.41, 5.74) is 5.55. The lowest BCUT2D eigenvalue weighted by molar-refractivity contribution is -0.139. The monoisotopic (exact) mass is 2140 g/mol. The molecule has 0 unspecified atom stereocenters. The Kier molecular flexibility index (Phi) is 120. The molecule has 0 saturated carbocycles. The van der Waals surface area contributed by atoms with Crippen LogP contribution in [-0.4, -0.2) is 591 Å². The zero-order chi connectivity index (χ0) is 105. The van der Waals surface area contributed by atoms with Gasteiger partial charge in [0.1, 0.15) is 0 Å². The van der Waals surface area contributed by atoms with Gasteiger partial charge in [0.15, 0.2) is 0 Å². The summed E-state index contributed by atoms with van der Waals surface area (Å²) in [4.78, 5) is 69.3. The fourth-order valence-corrected chi connectivity index (χ4v) is 10.5. The van der Waals surface area contributed by atoms with Gasteiger partial charge in [-0.25, -0.2) is 0 Å². The van der Waals surface area contributed by atoms with Crippen molar-refractivity contribution >= 4 is 35.6 Å². The molecule has 3 amide bonds. The van der Waals surface area contributed by atoms with Crippen LogP contribution in [0.4, 0.5) is 0 Å². The first-order valence-electron chi connectivity index (χ1n) is 50.7. The Morgan fingerprint density at radius 1 is 0.137 bits per heavy atom. The molecule has 0 aromatic carbocycles. The average Bonchev–Trinajstić information content (AvgIpc) is 0.894. The van der Waals surface area contributed by atoms with Gasteiger partial charge in [-0.2, -0.15) is 0 Å². The smallest absolute Gasteiger partial charge is 0.305 e. The van der Waals surface area contributed by atoms with Crippen LogP contribution in [0.1, 0.15) is 38.5 Å². The van der Waals surface area contributed by atoms with Crippen molar-refractivity contribution in [2.24, 2.45) is 5.73 Å². The van der Waals surface area contributed by atoms with E-state index in [1.165, 1.54) is 0 Å². The third-order valence-corrected chi connectivity index (χ3v) is 18.0. The minimum absolute atomic E-state index is 0.0264. The van der Waals surface area contributed by atoms with Gasteiger partial charge in [0.05, 0.1) is 540 Å². The molecule has 0 aliphatic heterocycles. The number of hydrogen-bond donors (Lipinski definition) is 7. The standard InChI is InChI=1S/C94H182N4O48/c95-94(85-144-10-1-88(99)96-7-16-111-22-28-117-34-40-123-46-52-129-58-64-135-70-76-141-82-79-138-73-67-132-61-55-126-49-43-120-37-31-114-25-19-108-13-4-91(102)103,86-145-11-2-89(100)97-8-17-112-23-29-118-35-41-124-47-53-130-59-65-136-71-77-142-83-80-139-74-68-133-62-56-127-50-44-121-38-32-115-26-20-109-14-5-92(104)105)87-146-12-3-90(101)98-9-18-113-24-30-119-36-42-125-48-54-131-60-66-137-72-78-143-84-81-140-75-69-134-63-57-128-51-45-122-39-33-116-27-21-110-15-6-93(106)107/h1-87,95H2,(H,96,99)(H,97,100)(H,98,101)(H,102,103)(H,104,105)(H,106,107). The summed E-state index contributed by atoms with van der Waals surface area (Å²) in [6, 6.07) is 0. The number of carboxylic acids is 3. The fourth-order valence-electron chi connectivity index (χ4n) is 10.5. The molecule has 0 heterocycles. The molecule has 0 rings (SSSR count). The summed E-state index contributed by atoms with van der Waals surface area (Å²) < 4.78 is 215. The lowest BCUT2D eigenvalue weighted by atomic mass is 10.1. The van der Waals surface area contributed by atoms with Crippen molar-refractivity contribution in [2.45, 2.75) is 44.1 Å². The van der Waals surface area contributed by atoms with Gasteiger partial charge >= 0.3 is 17.9 Å². The number of aliphatic carboxylic acids is 3. The zero-order valence-corrected chi connectivity index (χ0v) is 86.8. The second kappa shape index (κ2) is 124. The van der Waals surface area contributed by atoms with Gasteiger partial charge in [0, 0.05) is 38.9 Å². The molecule has 0 bridgehead atoms. The Morgan fingerprint density at radius 3 is 0.329 bits per heavy atom. The van der Waals surface area contributed by atoms with E-state index in [-0.39, 0.29) is 155 Å². The normalized spacial score (nSPS) is 11.7. The molecule has 0 aliphatic rings. The number of ether oxygens (including phenoxy) is 39. The van der Waals surface area contributed by atoms with Crippen LogP contribution in [-0.2, 0) is 214 Å². The number of rotatable bonds is 132. The molecule has 52 nitrogen and oxygen atoms in total. The number of hydrogen-bond acceptors (Lipinski definition) is 46. The van der Waals surface area contributed by atoms with Gasteiger partial charge in [0.25, 0.3) is 0 Å². The van der Waals surface area contributed by atoms with Gasteiger partial charge in [-0.3, -0.25) is 28.8 Å². The second-order valence-electron chi connectivity index (χ2n) is 30.3. The molecule has 866 valence electrons. The van der Waals surface area contributed by atoms with Crippen molar-refractivity contribution < 1.29 is 229 Å². The average molecular weight is 2140 g/mol.